The molecule has 0 fully saturated rings. The Kier molecular flexibility index (Phi) is 5.61. The van der Waals surface area contributed by atoms with Gasteiger partial charge in [-0.1, -0.05) is 62.2 Å². The molecule has 3 atom stereocenters. The van der Waals surface area contributed by atoms with Gasteiger partial charge >= 0.3 is 0 Å². The van der Waals surface area contributed by atoms with Crippen molar-refractivity contribution in [2.24, 2.45) is 11.8 Å². The van der Waals surface area contributed by atoms with Crippen molar-refractivity contribution in [3.8, 4) is 0 Å². The van der Waals surface area contributed by atoms with E-state index in [-0.39, 0.29) is 6.04 Å². The second kappa shape index (κ2) is 7.23. The molecule has 0 saturated carbocycles. The maximum Gasteiger partial charge on any atom is 0.0931 e. The molecule has 2 nitrogen and oxygen atoms in total. The van der Waals surface area contributed by atoms with Crippen LogP contribution in [0.2, 0.25) is 4.34 Å². The molecule has 4 heteroatoms. The fraction of sp³-hybridized carbons (Fsp3) is 0.375. The van der Waals surface area contributed by atoms with E-state index < -0.39 is 0 Å². The summed E-state index contributed by atoms with van der Waals surface area (Å²) in [6.45, 7) is 4.49. The first-order valence-corrected chi connectivity index (χ1v) is 8.13. The summed E-state index contributed by atoms with van der Waals surface area (Å²) < 4.78 is 0.802. The third kappa shape index (κ3) is 3.41. The first-order chi connectivity index (χ1) is 9.67. The maximum atomic E-state index is 6.08. The fourth-order valence-electron chi connectivity index (χ4n) is 2.64. The van der Waals surface area contributed by atoms with E-state index in [1.165, 1.54) is 10.4 Å². The summed E-state index contributed by atoms with van der Waals surface area (Å²) in [6.07, 6.45) is 1.11. The van der Waals surface area contributed by atoms with Crippen LogP contribution in [0.5, 0.6) is 0 Å². The lowest BCUT2D eigenvalue weighted by molar-refractivity contribution is 0.347. The van der Waals surface area contributed by atoms with Crippen LogP contribution in [-0.2, 0) is 0 Å². The Morgan fingerprint density at radius 3 is 2.40 bits per heavy atom. The number of rotatable bonds is 6. The summed E-state index contributed by atoms with van der Waals surface area (Å²) in [5, 5.41) is 0. The average Bonchev–Trinajstić information content (AvgIpc) is 2.91. The summed E-state index contributed by atoms with van der Waals surface area (Å²) >= 11 is 7.67. The van der Waals surface area contributed by atoms with Crippen molar-refractivity contribution in [1.29, 1.82) is 0 Å². The molecule has 0 aliphatic carbocycles. The number of hydrogen-bond acceptors (Lipinski definition) is 3. The van der Waals surface area contributed by atoms with Crippen LogP contribution in [-0.4, -0.2) is 0 Å². The fourth-order valence-corrected chi connectivity index (χ4v) is 3.81. The van der Waals surface area contributed by atoms with E-state index in [1.54, 1.807) is 11.3 Å². The van der Waals surface area contributed by atoms with Gasteiger partial charge in [-0.05, 0) is 23.6 Å². The molecule has 1 heterocycles. The van der Waals surface area contributed by atoms with Gasteiger partial charge in [-0.15, -0.1) is 11.3 Å². The highest BCUT2D eigenvalue weighted by atomic mass is 35.5. The van der Waals surface area contributed by atoms with E-state index in [0.29, 0.717) is 11.8 Å². The Bertz CT molecular complexity index is 526. The van der Waals surface area contributed by atoms with Gasteiger partial charge in [0.05, 0.1) is 10.4 Å². The molecule has 0 aliphatic rings. The SMILES string of the molecule is CCC(C)C(c1ccccc1)C(NN)c1ccc(Cl)s1. The molecule has 0 saturated heterocycles. The molecule has 0 aliphatic heterocycles. The summed E-state index contributed by atoms with van der Waals surface area (Å²) in [4.78, 5) is 1.19. The van der Waals surface area contributed by atoms with E-state index >= 15 is 0 Å². The first kappa shape index (κ1) is 15.5. The average molecular weight is 309 g/mol. The lowest BCUT2D eigenvalue weighted by atomic mass is 9.80. The molecule has 2 rings (SSSR count). The predicted molar refractivity (Wildman–Crippen MR) is 88.0 cm³/mol. The molecule has 0 radical (unpaired) electrons. The van der Waals surface area contributed by atoms with Crippen molar-refractivity contribution in [3.05, 3.63) is 57.2 Å². The van der Waals surface area contributed by atoms with Crippen LogP contribution in [0, 0.1) is 5.92 Å². The second-order valence-electron chi connectivity index (χ2n) is 5.11. The Morgan fingerprint density at radius 1 is 1.20 bits per heavy atom. The van der Waals surface area contributed by atoms with E-state index in [4.69, 9.17) is 17.4 Å². The molecule has 2 aromatic rings. The Balaban J connectivity index is 2.39. The van der Waals surface area contributed by atoms with E-state index in [2.05, 4.69) is 49.6 Å². The minimum atomic E-state index is 0.0878. The van der Waals surface area contributed by atoms with Crippen LogP contribution in [0.1, 0.15) is 42.7 Å². The Hall–Kier alpha value is -0.870. The van der Waals surface area contributed by atoms with Crippen molar-refractivity contribution in [2.45, 2.75) is 32.2 Å². The molecular formula is C16H21ClN2S. The van der Waals surface area contributed by atoms with Gasteiger partial charge in [-0.3, -0.25) is 11.3 Å². The van der Waals surface area contributed by atoms with Gasteiger partial charge in [-0.25, -0.2) is 0 Å². The smallest absolute Gasteiger partial charge is 0.0931 e. The zero-order valence-electron chi connectivity index (χ0n) is 11.8. The van der Waals surface area contributed by atoms with Crippen molar-refractivity contribution < 1.29 is 0 Å². The third-order valence-electron chi connectivity index (χ3n) is 3.88. The molecule has 1 aromatic carbocycles. The van der Waals surface area contributed by atoms with Crippen molar-refractivity contribution >= 4 is 22.9 Å². The van der Waals surface area contributed by atoms with Gasteiger partial charge in [0.25, 0.3) is 0 Å². The summed E-state index contributed by atoms with van der Waals surface area (Å²) in [7, 11) is 0. The van der Waals surface area contributed by atoms with Crippen molar-refractivity contribution in [2.75, 3.05) is 0 Å². The lowest BCUT2D eigenvalue weighted by Crippen LogP contribution is -2.34. The number of halogens is 1. The summed E-state index contributed by atoms with van der Waals surface area (Å²) in [6, 6.07) is 14.7. The van der Waals surface area contributed by atoms with Crippen LogP contribution in [0.4, 0.5) is 0 Å². The van der Waals surface area contributed by atoms with E-state index in [0.717, 1.165) is 10.8 Å². The van der Waals surface area contributed by atoms with Gasteiger partial charge < -0.3 is 0 Å². The molecule has 3 N–H and O–H groups in total. The minimum Gasteiger partial charge on any atom is -0.271 e. The van der Waals surface area contributed by atoms with E-state index in [1.807, 2.05) is 12.1 Å². The predicted octanol–water partition coefficient (Wildman–Crippen LogP) is 4.74. The number of benzene rings is 1. The van der Waals surface area contributed by atoms with Gasteiger partial charge in [0.2, 0.25) is 0 Å². The lowest BCUT2D eigenvalue weighted by Gasteiger charge is -2.31. The topological polar surface area (TPSA) is 38.0 Å². The molecule has 20 heavy (non-hydrogen) atoms. The largest absolute Gasteiger partial charge is 0.271 e. The molecule has 3 unspecified atom stereocenters. The van der Waals surface area contributed by atoms with Crippen molar-refractivity contribution in [1.82, 2.24) is 5.43 Å². The highest BCUT2D eigenvalue weighted by Gasteiger charge is 2.29. The standard InChI is InChI=1S/C16H21ClN2S/c1-3-11(2)15(12-7-5-4-6-8-12)16(19-18)13-9-10-14(17)20-13/h4-11,15-16,19H,3,18H2,1-2H3. The number of hydrazine groups is 1. The quantitative estimate of drug-likeness (QED) is 0.598. The van der Waals surface area contributed by atoms with Gasteiger partial charge in [-0.2, -0.15) is 0 Å². The highest BCUT2D eigenvalue weighted by Crippen LogP contribution is 2.40. The number of hydrogen-bond donors (Lipinski definition) is 2. The van der Waals surface area contributed by atoms with Gasteiger partial charge in [0.1, 0.15) is 0 Å². The Labute approximate surface area is 129 Å². The minimum absolute atomic E-state index is 0.0878. The molecule has 108 valence electrons. The molecule has 0 bridgehead atoms. The van der Waals surface area contributed by atoms with Crippen LogP contribution >= 0.6 is 22.9 Å². The first-order valence-electron chi connectivity index (χ1n) is 6.93. The van der Waals surface area contributed by atoms with Crippen LogP contribution < -0.4 is 11.3 Å². The third-order valence-corrected chi connectivity index (χ3v) is 5.19. The monoisotopic (exact) mass is 308 g/mol. The van der Waals surface area contributed by atoms with Gasteiger partial charge in [0.15, 0.2) is 0 Å². The van der Waals surface area contributed by atoms with E-state index in [9.17, 15) is 0 Å². The van der Waals surface area contributed by atoms with Crippen LogP contribution in [0.3, 0.4) is 0 Å². The number of nitrogens with one attached hydrogen (secondary N) is 1. The maximum absolute atomic E-state index is 6.08. The molecule has 0 spiro atoms. The van der Waals surface area contributed by atoms with Gasteiger partial charge in [0, 0.05) is 10.8 Å². The molecule has 1 aromatic heterocycles. The number of thiophene rings is 1. The zero-order valence-corrected chi connectivity index (χ0v) is 13.4. The summed E-state index contributed by atoms with van der Waals surface area (Å²) in [5.74, 6) is 6.72. The van der Waals surface area contributed by atoms with Crippen LogP contribution in [0.25, 0.3) is 0 Å². The Morgan fingerprint density at radius 2 is 1.90 bits per heavy atom. The summed E-state index contributed by atoms with van der Waals surface area (Å²) in [5.41, 5.74) is 4.31. The normalized spacial score (nSPS) is 15.8. The van der Waals surface area contributed by atoms with Crippen molar-refractivity contribution in [3.63, 3.8) is 0 Å². The molecule has 0 amide bonds. The number of nitrogens with two attached hydrogens (primary N) is 1. The van der Waals surface area contributed by atoms with Crippen LogP contribution in [0.15, 0.2) is 42.5 Å². The zero-order chi connectivity index (χ0) is 14.5. The highest BCUT2D eigenvalue weighted by molar-refractivity contribution is 7.16. The second-order valence-corrected chi connectivity index (χ2v) is 6.85. The molecular weight excluding hydrogens is 288 g/mol.